The highest BCUT2D eigenvalue weighted by Crippen LogP contribution is 2.26. The van der Waals surface area contributed by atoms with Crippen LogP contribution in [-0.2, 0) is 6.42 Å². The zero-order chi connectivity index (χ0) is 22.8. The van der Waals surface area contributed by atoms with Gasteiger partial charge in [0.05, 0.1) is 11.7 Å². The van der Waals surface area contributed by atoms with E-state index in [1.165, 1.54) is 6.07 Å². The molecular formula is C25H26FN5O. The highest BCUT2D eigenvalue weighted by atomic mass is 19.1. The van der Waals surface area contributed by atoms with Crippen molar-refractivity contribution in [3.8, 4) is 0 Å². The molecule has 0 saturated carbocycles. The smallest absolute Gasteiger partial charge is 0.251 e. The average Bonchev–Trinajstić information content (AvgIpc) is 3.17. The maximum Gasteiger partial charge on any atom is 0.251 e. The van der Waals surface area contributed by atoms with E-state index in [9.17, 15) is 9.18 Å². The van der Waals surface area contributed by atoms with E-state index in [1.54, 1.807) is 19.1 Å². The van der Waals surface area contributed by atoms with Crippen molar-refractivity contribution in [1.82, 2.24) is 20.3 Å². The lowest BCUT2D eigenvalue weighted by molar-refractivity contribution is 0.0935. The number of aromatic nitrogens is 3. The number of nitrogens with one attached hydrogen (secondary N) is 2. The summed E-state index contributed by atoms with van der Waals surface area (Å²) >= 11 is 0. The molecule has 7 heteroatoms. The molecule has 0 aliphatic heterocycles. The first-order valence-electron chi connectivity index (χ1n) is 10.5. The van der Waals surface area contributed by atoms with E-state index in [4.69, 9.17) is 0 Å². The van der Waals surface area contributed by atoms with Crippen molar-refractivity contribution in [1.29, 1.82) is 0 Å². The van der Waals surface area contributed by atoms with Gasteiger partial charge in [-0.3, -0.25) is 4.79 Å². The first kappa shape index (κ1) is 21.5. The van der Waals surface area contributed by atoms with Crippen molar-refractivity contribution >= 4 is 22.6 Å². The monoisotopic (exact) mass is 431 g/mol. The van der Waals surface area contributed by atoms with Gasteiger partial charge in [-0.2, -0.15) is 0 Å². The van der Waals surface area contributed by atoms with Gasteiger partial charge in [0.1, 0.15) is 17.5 Å². The Morgan fingerprint density at radius 1 is 1.12 bits per heavy atom. The van der Waals surface area contributed by atoms with Gasteiger partial charge in [0.25, 0.3) is 5.91 Å². The van der Waals surface area contributed by atoms with E-state index in [0.29, 0.717) is 23.5 Å². The van der Waals surface area contributed by atoms with Crippen LogP contribution in [0.25, 0.3) is 10.9 Å². The zero-order valence-electron chi connectivity index (χ0n) is 18.6. The molecule has 0 saturated heterocycles. The fourth-order valence-corrected chi connectivity index (χ4v) is 3.71. The van der Waals surface area contributed by atoms with Crippen molar-refractivity contribution in [2.75, 3.05) is 19.0 Å². The number of hydrogen-bond donors (Lipinski definition) is 2. The fraction of sp³-hybridized carbons (Fsp3) is 0.240. The minimum atomic E-state index is -0.425. The lowest BCUT2D eigenvalue weighted by Crippen LogP contribution is -2.31. The molecule has 0 aliphatic rings. The van der Waals surface area contributed by atoms with Crippen molar-refractivity contribution in [3.05, 3.63) is 88.8 Å². The Morgan fingerprint density at radius 2 is 1.91 bits per heavy atom. The lowest BCUT2D eigenvalue weighted by Gasteiger charge is -2.21. The minimum absolute atomic E-state index is 0.274. The lowest BCUT2D eigenvalue weighted by atomic mass is 10.0. The quantitative estimate of drug-likeness (QED) is 0.472. The minimum Gasteiger partial charge on any atom is -0.363 e. The van der Waals surface area contributed by atoms with Crippen LogP contribution in [0.2, 0.25) is 0 Å². The molecule has 2 N–H and O–H groups in total. The number of fused-ring (bicyclic) bond motifs is 1. The van der Waals surface area contributed by atoms with E-state index in [-0.39, 0.29) is 11.5 Å². The van der Waals surface area contributed by atoms with Gasteiger partial charge in [0, 0.05) is 49.2 Å². The van der Waals surface area contributed by atoms with Gasteiger partial charge >= 0.3 is 0 Å². The number of carbonyl (C=O) groups excluding carboxylic acids is 1. The third kappa shape index (κ3) is 4.46. The number of anilines is 1. The molecule has 164 valence electrons. The van der Waals surface area contributed by atoms with Gasteiger partial charge in [-0.05, 0) is 43.2 Å². The van der Waals surface area contributed by atoms with Gasteiger partial charge < -0.3 is 15.2 Å². The van der Waals surface area contributed by atoms with E-state index in [1.807, 2.05) is 62.4 Å². The summed E-state index contributed by atoms with van der Waals surface area (Å²) in [5, 5.41) is 4.15. The Labute approximate surface area is 186 Å². The third-order valence-corrected chi connectivity index (χ3v) is 5.50. The molecule has 0 fully saturated rings. The molecule has 2 aromatic heterocycles. The summed E-state index contributed by atoms with van der Waals surface area (Å²) in [4.78, 5) is 27.3. The number of hydrogen-bond acceptors (Lipinski definition) is 4. The number of nitrogens with zero attached hydrogens (tertiary/aromatic N) is 3. The number of benzene rings is 2. The summed E-state index contributed by atoms with van der Waals surface area (Å²) in [5.74, 6) is 0.618. The number of amides is 1. The second-order valence-electron chi connectivity index (χ2n) is 8.15. The highest BCUT2D eigenvalue weighted by Gasteiger charge is 2.21. The maximum atomic E-state index is 14.1. The number of aryl methyl sites for hydroxylation is 2. The molecule has 2 aromatic carbocycles. The molecule has 4 aromatic rings. The summed E-state index contributed by atoms with van der Waals surface area (Å²) < 4.78 is 14.1. The maximum absolute atomic E-state index is 14.1. The Kier molecular flexibility index (Phi) is 5.90. The van der Waals surface area contributed by atoms with Crippen LogP contribution in [0.1, 0.15) is 39.0 Å². The molecule has 1 atom stereocenters. The molecule has 0 bridgehead atoms. The van der Waals surface area contributed by atoms with Crippen molar-refractivity contribution in [2.45, 2.75) is 26.3 Å². The number of para-hydroxylation sites is 1. The van der Waals surface area contributed by atoms with Crippen LogP contribution < -0.4 is 10.2 Å². The summed E-state index contributed by atoms with van der Waals surface area (Å²) in [6, 6.07) is 14.0. The summed E-state index contributed by atoms with van der Waals surface area (Å²) in [6.45, 7) is 3.50. The predicted octanol–water partition coefficient (Wildman–Crippen LogP) is 4.49. The number of halogens is 1. The first-order chi connectivity index (χ1) is 15.3. The predicted molar refractivity (Wildman–Crippen MR) is 124 cm³/mol. The van der Waals surface area contributed by atoms with Gasteiger partial charge in [0.15, 0.2) is 0 Å². The molecule has 0 radical (unpaired) electrons. The van der Waals surface area contributed by atoms with Crippen LogP contribution in [0.4, 0.5) is 10.2 Å². The molecule has 0 unspecified atom stereocenters. The molecule has 6 nitrogen and oxygen atoms in total. The van der Waals surface area contributed by atoms with E-state index >= 15 is 0 Å². The van der Waals surface area contributed by atoms with Crippen LogP contribution >= 0.6 is 0 Å². The Balaban J connectivity index is 1.72. The van der Waals surface area contributed by atoms with E-state index in [0.717, 1.165) is 22.3 Å². The largest absolute Gasteiger partial charge is 0.363 e. The number of H-pyrrole nitrogens is 1. The average molecular weight is 432 g/mol. The van der Waals surface area contributed by atoms with Gasteiger partial charge in [0.2, 0.25) is 0 Å². The molecule has 0 aliphatic carbocycles. The molecule has 0 spiro atoms. The highest BCUT2D eigenvalue weighted by molar-refractivity contribution is 5.94. The molecule has 32 heavy (non-hydrogen) atoms. The SMILES string of the molecule is Cc1nc([C@H](Cc2c[nH]c3ccccc23)NC(=O)c2ccc(C)c(F)c2)cc(N(C)C)n1. The van der Waals surface area contributed by atoms with Crippen LogP contribution in [0.5, 0.6) is 0 Å². The molecule has 4 rings (SSSR count). The van der Waals surface area contributed by atoms with E-state index in [2.05, 4.69) is 20.3 Å². The van der Waals surface area contributed by atoms with Gasteiger partial charge in [-0.15, -0.1) is 0 Å². The second-order valence-corrected chi connectivity index (χ2v) is 8.15. The van der Waals surface area contributed by atoms with Crippen molar-refractivity contribution < 1.29 is 9.18 Å². The Bertz CT molecular complexity index is 1280. The second kappa shape index (κ2) is 8.78. The van der Waals surface area contributed by atoms with Crippen LogP contribution in [0, 0.1) is 19.7 Å². The van der Waals surface area contributed by atoms with Gasteiger partial charge in [-0.25, -0.2) is 14.4 Å². The van der Waals surface area contributed by atoms with Crippen LogP contribution in [-0.4, -0.2) is 35.0 Å². The zero-order valence-corrected chi connectivity index (χ0v) is 18.6. The standard InChI is InChI=1S/C25H26FN5O/c1-15-9-10-17(11-20(15)26)25(32)30-22(23-13-24(31(3)4)29-16(2)28-23)12-18-14-27-21-8-6-5-7-19(18)21/h5-11,13-14,22,27H,12H2,1-4H3,(H,30,32)/t22-/m0/s1. The van der Waals surface area contributed by atoms with Gasteiger partial charge in [-0.1, -0.05) is 24.3 Å². The number of rotatable bonds is 6. The summed E-state index contributed by atoms with van der Waals surface area (Å²) in [5.41, 5.74) is 3.56. The summed E-state index contributed by atoms with van der Waals surface area (Å²) in [7, 11) is 3.82. The van der Waals surface area contributed by atoms with Crippen molar-refractivity contribution in [3.63, 3.8) is 0 Å². The number of carbonyl (C=O) groups is 1. The van der Waals surface area contributed by atoms with Crippen LogP contribution in [0.3, 0.4) is 0 Å². The third-order valence-electron chi connectivity index (χ3n) is 5.50. The number of aromatic amines is 1. The topological polar surface area (TPSA) is 73.9 Å². The summed E-state index contributed by atoms with van der Waals surface area (Å²) in [6.07, 6.45) is 2.48. The van der Waals surface area contributed by atoms with Crippen LogP contribution in [0.15, 0.2) is 54.7 Å². The normalized spacial score (nSPS) is 12.0. The molecule has 2 heterocycles. The molecular weight excluding hydrogens is 405 g/mol. The Hall–Kier alpha value is -3.74. The molecule has 1 amide bonds. The van der Waals surface area contributed by atoms with Crippen molar-refractivity contribution in [2.24, 2.45) is 0 Å². The fourth-order valence-electron chi connectivity index (χ4n) is 3.71. The Morgan fingerprint density at radius 3 is 2.66 bits per heavy atom. The first-order valence-corrected chi connectivity index (χ1v) is 10.5. The van der Waals surface area contributed by atoms with E-state index < -0.39 is 11.9 Å².